The number of nitrogens with two attached hydrogens (primary N) is 1. The SMILES string of the molecule is CCOC(=O)C1CCCN(C(=O)c2ccc(OC)cc2N)C1. The van der Waals surface area contributed by atoms with Crippen molar-refractivity contribution in [2.75, 3.05) is 32.5 Å². The Labute approximate surface area is 130 Å². The molecule has 6 heteroatoms. The van der Waals surface area contributed by atoms with Crippen molar-refractivity contribution in [3.63, 3.8) is 0 Å². The van der Waals surface area contributed by atoms with Crippen LogP contribution in [0.5, 0.6) is 5.75 Å². The Balaban J connectivity index is 2.10. The van der Waals surface area contributed by atoms with Crippen LogP contribution in [0.15, 0.2) is 18.2 Å². The Hall–Kier alpha value is -2.24. The Morgan fingerprint density at radius 3 is 2.82 bits per heavy atom. The quantitative estimate of drug-likeness (QED) is 0.676. The fourth-order valence-electron chi connectivity index (χ4n) is 2.65. The highest BCUT2D eigenvalue weighted by atomic mass is 16.5. The fourth-order valence-corrected chi connectivity index (χ4v) is 2.65. The number of amides is 1. The summed E-state index contributed by atoms with van der Waals surface area (Å²) in [4.78, 5) is 26.1. The Morgan fingerprint density at radius 2 is 2.18 bits per heavy atom. The largest absolute Gasteiger partial charge is 0.497 e. The number of methoxy groups -OCH3 is 1. The van der Waals surface area contributed by atoms with Gasteiger partial charge in [0.2, 0.25) is 0 Å². The number of anilines is 1. The molecule has 1 fully saturated rings. The molecular weight excluding hydrogens is 284 g/mol. The second-order valence-electron chi connectivity index (χ2n) is 5.30. The molecule has 0 aliphatic carbocycles. The van der Waals surface area contributed by atoms with Gasteiger partial charge in [-0.3, -0.25) is 9.59 Å². The Kier molecular flexibility index (Phi) is 5.25. The molecular formula is C16H22N2O4. The van der Waals surface area contributed by atoms with Gasteiger partial charge in [-0.25, -0.2) is 0 Å². The first kappa shape index (κ1) is 16.1. The summed E-state index contributed by atoms with van der Waals surface area (Å²) in [6.45, 7) is 3.14. The first-order valence-electron chi connectivity index (χ1n) is 7.46. The predicted molar refractivity (Wildman–Crippen MR) is 82.7 cm³/mol. The van der Waals surface area contributed by atoms with E-state index in [0.29, 0.717) is 36.7 Å². The second kappa shape index (κ2) is 7.15. The van der Waals surface area contributed by atoms with E-state index < -0.39 is 0 Å². The molecule has 1 aliphatic rings. The molecule has 1 aliphatic heterocycles. The van der Waals surface area contributed by atoms with Crippen molar-refractivity contribution in [3.8, 4) is 5.75 Å². The van der Waals surface area contributed by atoms with Crippen LogP contribution in [-0.2, 0) is 9.53 Å². The number of esters is 1. The van der Waals surface area contributed by atoms with Gasteiger partial charge in [0.05, 0.1) is 25.2 Å². The summed E-state index contributed by atoms with van der Waals surface area (Å²) in [6, 6.07) is 4.99. The molecule has 0 bridgehead atoms. The monoisotopic (exact) mass is 306 g/mol. The molecule has 6 nitrogen and oxygen atoms in total. The molecule has 1 aromatic rings. The minimum absolute atomic E-state index is 0.158. The topological polar surface area (TPSA) is 81.9 Å². The number of hydrogen-bond donors (Lipinski definition) is 1. The van der Waals surface area contributed by atoms with E-state index >= 15 is 0 Å². The summed E-state index contributed by atoms with van der Waals surface area (Å²) in [5, 5.41) is 0. The zero-order valence-electron chi connectivity index (χ0n) is 13.0. The molecule has 1 atom stereocenters. The minimum atomic E-state index is -0.253. The summed E-state index contributed by atoms with van der Waals surface area (Å²) >= 11 is 0. The lowest BCUT2D eigenvalue weighted by molar-refractivity contribution is -0.149. The van der Waals surface area contributed by atoms with Crippen molar-refractivity contribution in [2.24, 2.45) is 5.92 Å². The highest BCUT2D eigenvalue weighted by Gasteiger charge is 2.30. The van der Waals surface area contributed by atoms with Gasteiger partial charge in [-0.05, 0) is 31.9 Å². The van der Waals surface area contributed by atoms with E-state index in [2.05, 4.69) is 0 Å². The van der Waals surface area contributed by atoms with E-state index in [1.165, 1.54) is 0 Å². The van der Waals surface area contributed by atoms with Gasteiger partial charge in [0.1, 0.15) is 5.75 Å². The van der Waals surface area contributed by atoms with E-state index in [1.54, 1.807) is 37.1 Å². The van der Waals surface area contributed by atoms with Crippen molar-refractivity contribution in [1.82, 2.24) is 4.90 Å². The van der Waals surface area contributed by atoms with Crippen LogP contribution in [0.4, 0.5) is 5.69 Å². The number of benzene rings is 1. The number of carbonyl (C=O) groups is 2. The molecule has 1 amide bonds. The number of hydrogen-bond acceptors (Lipinski definition) is 5. The van der Waals surface area contributed by atoms with Crippen molar-refractivity contribution in [3.05, 3.63) is 23.8 Å². The third-order valence-corrected chi connectivity index (χ3v) is 3.82. The average molecular weight is 306 g/mol. The molecule has 0 aromatic heterocycles. The lowest BCUT2D eigenvalue weighted by atomic mass is 9.97. The molecule has 2 N–H and O–H groups in total. The maximum Gasteiger partial charge on any atom is 0.310 e. The molecule has 1 unspecified atom stereocenters. The van der Waals surface area contributed by atoms with Gasteiger partial charge < -0.3 is 20.1 Å². The molecule has 22 heavy (non-hydrogen) atoms. The summed E-state index contributed by atoms with van der Waals surface area (Å²) in [6.07, 6.45) is 1.53. The molecule has 1 heterocycles. The van der Waals surface area contributed by atoms with Crippen LogP contribution in [0.25, 0.3) is 0 Å². The van der Waals surface area contributed by atoms with E-state index in [-0.39, 0.29) is 17.8 Å². The normalized spacial score (nSPS) is 17.9. The van der Waals surface area contributed by atoms with Crippen molar-refractivity contribution in [2.45, 2.75) is 19.8 Å². The zero-order chi connectivity index (χ0) is 16.1. The first-order valence-corrected chi connectivity index (χ1v) is 7.46. The summed E-state index contributed by atoms with van der Waals surface area (Å²) < 4.78 is 10.1. The van der Waals surface area contributed by atoms with Crippen molar-refractivity contribution < 1.29 is 19.1 Å². The van der Waals surface area contributed by atoms with E-state index in [4.69, 9.17) is 15.2 Å². The standard InChI is InChI=1S/C16H22N2O4/c1-3-22-16(20)11-5-4-8-18(10-11)15(19)13-7-6-12(21-2)9-14(13)17/h6-7,9,11H,3-5,8,10,17H2,1-2H3. The third kappa shape index (κ3) is 3.50. The number of piperidine rings is 1. The summed E-state index contributed by atoms with van der Waals surface area (Å²) in [5.41, 5.74) is 6.74. The van der Waals surface area contributed by atoms with Crippen LogP contribution >= 0.6 is 0 Å². The van der Waals surface area contributed by atoms with Gasteiger partial charge in [-0.1, -0.05) is 0 Å². The highest BCUT2D eigenvalue weighted by molar-refractivity contribution is 5.99. The van der Waals surface area contributed by atoms with Crippen LogP contribution < -0.4 is 10.5 Å². The minimum Gasteiger partial charge on any atom is -0.497 e. The van der Waals surface area contributed by atoms with Gasteiger partial charge in [-0.2, -0.15) is 0 Å². The first-order chi connectivity index (χ1) is 10.6. The van der Waals surface area contributed by atoms with Gasteiger partial charge >= 0.3 is 5.97 Å². The third-order valence-electron chi connectivity index (χ3n) is 3.82. The molecule has 2 rings (SSSR count). The maximum atomic E-state index is 12.6. The molecule has 0 spiro atoms. The van der Waals surface area contributed by atoms with Crippen molar-refractivity contribution >= 4 is 17.6 Å². The zero-order valence-corrected chi connectivity index (χ0v) is 13.0. The number of likely N-dealkylation sites (tertiary alicyclic amines) is 1. The van der Waals surface area contributed by atoms with Crippen molar-refractivity contribution in [1.29, 1.82) is 0 Å². The number of ether oxygens (including phenoxy) is 2. The molecule has 0 saturated carbocycles. The van der Waals surface area contributed by atoms with Crippen LogP contribution in [0, 0.1) is 5.92 Å². The van der Waals surface area contributed by atoms with Gasteiger partial charge in [0.25, 0.3) is 5.91 Å². The molecule has 1 aromatic carbocycles. The van der Waals surface area contributed by atoms with Crippen LogP contribution in [0.1, 0.15) is 30.1 Å². The van der Waals surface area contributed by atoms with E-state index in [1.807, 2.05) is 0 Å². The average Bonchev–Trinajstić information content (AvgIpc) is 2.54. The lowest BCUT2D eigenvalue weighted by Gasteiger charge is -2.31. The molecule has 0 radical (unpaired) electrons. The fraction of sp³-hybridized carbons (Fsp3) is 0.500. The van der Waals surface area contributed by atoms with Crippen LogP contribution in [-0.4, -0.2) is 43.6 Å². The second-order valence-corrected chi connectivity index (χ2v) is 5.30. The Morgan fingerprint density at radius 1 is 1.41 bits per heavy atom. The molecule has 1 saturated heterocycles. The summed E-state index contributed by atoms with van der Waals surface area (Å²) in [7, 11) is 1.55. The number of nitrogen functional groups attached to an aromatic ring is 1. The molecule has 120 valence electrons. The van der Waals surface area contributed by atoms with Gasteiger partial charge in [-0.15, -0.1) is 0 Å². The van der Waals surface area contributed by atoms with Crippen LogP contribution in [0.2, 0.25) is 0 Å². The lowest BCUT2D eigenvalue weighted by Crippen LogP contribution is -2.43. The smallest absolute Gasteiger partial charge is 0.310 e. The Bertz CT molecular complexity index is 559. The predicted octanol–water partition coefficient (Wildman–Crippen LogP) is 1.69. The highest BCUT2D eigenvalue weighted by Crippen LogP contribution is 2.24. The van der Waals surface area contributed by atoms with Crippen LogP contribution in [0.3, 0.4) is 0 Å². The number of rotatable bonds is 4. The van der Waals surface area contributed by atoms with E-state index in [0.717, 1.165) is 12.8 Å². The summed E-state index contributed by atoms with van der Waals surface area (Å²) in [5.74, 6) is -0.0360. The number of nitrogens with zero attached hydrogens (tertiary/aromatic N) is 1. The van der Waals surface area contributed by atoms with Gasteiger partial charge in [0.15, 0.2) is 0 Å². The maximum absolute atomic E-state index is 12.6. The van der Waals surface area contributed by atoms with E-state index in [9.17, 15) is 9.59 Å². The van der Waals surface area contributed by atoms with Gasteiger partial charge in [0, 0.05) is 24.8 Å². The number of carbonyl (C=O) groups excluding carboxylic acids is 2.